The molecule has 0 amide bonds. The lowest BCUT2D eigenvalue weighted by Crippen LogP contribution is -2.36. The molecule has 1 aliphatic heterocycles. The number of hydrogen-bond donors (Lipinski definition) is 0. The largest absolute Gasteiger partial charge is 0.497 e. The minimum atomic E-state index is 0.817. The molecule has 0 unspecified atom stereocenters. The van der Waals surface area contributed by atoms with Crippen molar-refractivity contribution in [2.24, 2.45) is 0 Å². The van der Waals surface area contributed by atoms with Crippen molar-refractivity contribution in [1.29, 1.82) is 10.8 Å². The summed E-state index contributed by atoms with van der Waals surface area (Å²) in [6, 6.07) is 8.15. The van der Waals surface area contributed by atoms with E-state index in [-0.39, 0.29) is 0 Å². The van der Waals surface area contributed by atoms with E-state index in [0.29, 0.717) is 0 Å². The van der Waals surface area contributed by atoms with Crippen molar-refractivity contribution < 1.29 is 9.47 Å². The summed E-state index contributed by atoms with van der Waals surface area (Å²) in [4.78, 5) is 2.31. The number of benzene rings is 1. The maximum atomic E-state index is 6.00. The smallest absolute Gasteiger partial charge is 0.120 e. The Balaban J connectivity index is 0.000000606. The quantitative estimate of drug-likeness (QED) is 0.709. The van der Waals surface area contributed by atoms with E-state index in [4.69, 9.17) is 20.3 Å². The highest BCUT2D eigenvalue weighted by molar-refractivity contribution is 5.50. The van der Waals surface area contributed by atoms with E-state index in [0.717, 1.165) is 32.1 Å². The van der Waals surface area contributed by atoms with Crippen LogP contribution in [0.5, 0.6) is 5.75 Å². The zero-order valence-corrected chi connectivity index (χ0v) is 9.30. The summed E-state index contributed by atoms with van der Waals surface area (Å²) in [7, 11) is 1.69. The van der Waals surface area contributed by atoms with Crippen LogP contribution in [-0.4, -0.2) is 33.4 Å². The van der Waals surface area contributed by atoms with Crippen LogP contribution >= 0.6 is 0 Å². The summed E-state index contributed by atoms with van der Waals surface area (Å²) in [5, 5.41) is 12.0. The maximum absolute atomic E-state index is 6.00. The van der Waals surface area contributed by atoms with Gasteiger partial charge in [-0.05, 0) is 12.1 Å². The molecule has 1 aromatic carbocycles. The van der Waals surface area contributed by atoms with Gasteiger partial charge in [0.25, 0.3) is 0 Å². The van der Waals surface area contributed by atoms with Gasteiger partial charge in [-0.15, -0.1) is 0 Å². The summed E-state index contributed by atoms with van der Waals surface area (Å²) in [6.45, 7) is 3.56. The maximum Gasteiger partial charge on any atom is 0.120 e. The highest BCUT2D eigenvalue weighted by atomic mass is 16.5. The van der Waals surface area contributed by atoms with Crippen molar-refractivity contribution in [3.63, 3.8) is 0 Å². The molecule has 1 saturated heterocycles. The molecule has 1 aromatic rings. The molecule has 0 spiro atoms. The number of hydrogen-bond acceptors (Lipinski definition) is 5. The van der Waals surface area contributed by atoms with E-state index in [9.17, 15) is 0 Å². The van der Waals surface area contributed by atoms with E-state index in [1.54, 1.807) is 7.11 Å². The Morgan fingerprint density at radius 1 is 1.25 bits per heavy atom. The van der Waals surface area contributed by atoms with Gasteiger partial charge in [-0.3, -0.25) is 0 Å². The Kier molecular flexibility index (Phi) is 5.09. The second-order valence-electron chi connectivity index (χ2n) is 3.30. The molecule has 0 radical (unpaired) electrons. The summed E-state index contributed by atoms with van der Waals surface area (Å²) in [6.07, 6.45) is 0. The van der Waals surface area contributed by atoms with Gasteiger partial charge in [0.1, 0.15) is 5.75 Å². The average Bonchev–Trinajstić information content (AvgIpc) is 2.42. The Morgan fingerprint density at radius 2 is 1.94 bits per heavy atom. The van der Waals surface area contributed by atoms with E-state index in [2.05, 4.69) is 17.0 Å². The Hall–Kier alpha value is -1.80. The average molecular weight is 221 g/mol. The van der Waals surface area contributed by atoms with Crippen molar-refractivity contribution in [3.05, 3.63) is 24.3 Å². The van der Waals surface area contributed by atoms with Crippen molar-refractivity contribution in [2.45, 2.75) is 0 Å². The molecule has 0 aromatic heterocycles. The molecule has 0 saturated carbocycles. The molecule has 86 valence electrons. The molecule has 1 heterocycles. The summed E-state index contributed by atoms with van der Waals surface area (Å²) < 4.78 is 10.5. The first kappa shape index (κ1) is 12.3. The number of anilines is 1. The topological polar surface area (TPSA) is 69.3 Å². The molecular weight excluding hydrogens is 206 g/mol. The summed E-state index contributed by atoms with van der Waals surface area (Å²) >= 11 is 0. The zero-order chi connectivity index (χ0) is 11.8. The standard InChI is InChI=1S/C11H15NO2.N2/c1-13-11-4-2-3-10(9-11)12-5-7-14-8-6-12;1-2/h2-4,9H,5-8H2,1H3;. The second kappa shape index (κ2) is 6.64. The normalized spacial score (nSPS) is 14.8. The van der Waals surface area contributed by atoms with Gasteiger partial charge in [-0.2, -0.15) is 0 Å². The van der Waals surface area contributed by atoms with E-state index >= 15 is 0 Å². The van der Waals surface area contributed by atoms with Gasteiger partial charge >= 0.3 is 0 Å². The molecule has 0 atom stereocenters. The first-order valence-electron chi connectivity index (χ1n) is 5.07. The first-order chi connectivity index (χ1) is 7.90. The van der Waals surface area contributed by atoms with Crippen LogP contribution in [0.2, 0.25) is 0 Å². The number of ether oxygens (including phenoxy) is 2. The third kappa shape index (κ3) is 3.11. The molecule has 0 N–H and O–H groups in total. The lowest BCUT2D eigenvalue weighted by Gasteiger charge is -2.28. The fraction of sp³-hybridized carbons (Fsp3) is 0.455. The van der Waals surface area contributed by atoms with E-state index in [1.807, 2.05) is 12.1 Å². The van der Waals surface area contributed by atoms with Gasteiger partial charge in [0.15, 0.2) is 0 Å². The second-order valence-corrected chi connectivity index (χ2v) is 3.30. The van der Waals surface area contributed by atoms with Gasteiger partial charge in [-0.25, -0.2) is 0 Å². The predicted molar refractivity (Wildman–Crippen MR) is 59.5 cm³/mol. The van der Waals surface area contributed by atoms with Crippen LogP contribution in [0.1, 0.15) is 0 Å². The molecule has 1 fully saturated rings. The highest BCUT2D eigenvalue weighted by Gasteiger charge is 2.10. The predicted octanol–water partition coefficient (Wildman–Crippen LogP) is 1.56. The lowest BCUT2D eigenvalue weighted by atomic mass is 10.2. The molecule has 5 nitrogen and oxygen atoms in total. The molecule has 0 aliphatic carbocycles. The monoisotopic (exact) mass is 221 g/mol. The van der Waals surface area contributed by atoms with Gasteiger partial charge < -0.3 is 14.4 Å². The van der Waals surface area contributed by atoms with Crippen molar-refractivity contribution in [3.8, 4) is 5.75 Å². The number of rotatable bonds is 2. The van der Waals surface area contributed by atoms with Crippen molar-refractivity contribution in [1.82, 2.24) is 0 Å². The van der Waals surface area contributed by atoms with Crippen LogP contribution < -0.4 is 9.64 Å². The van der Waals surface area contributed by atoms with Crippen molar-refractivity contribution >= 4 is 5.69 Å². The SMILES string of the molecule is COc1cccc(N2CCOCC2)c1.N#N. The summed E-state index contributed by atoms with van der Waals surface area (Å²) in [5.41, 5.74) is 1.22. The Bertz CT molecular complexity index is 335. The third-order valence-electron chi connectivity index (χ3n) is 2.43. The fourth-order valence-electron chi connectivity index (χ4n) is 1.63. The molecule has 5 heteroatoms. The van der Waals surface area contributed by atoms with Gasteiger partial charge in [0, 0.05) is 35.6 Å². The molecular formula is C11H15N3O2. The number of nitrogens with zero attached hydrogens (tertiary/aromatic N) is 3. The molecule has 0 bridgehead atoms. The lowest BCUT2D eigenvalue weighted by molar-refractivity contribution is 0.122. The zero-order valence-electron chi connectivity index (χ0n) is 9.30. The Morgan fingerprint density at radius 3 is 2.56 bits per heavy atom. The van der Waals surface area contributed by atoms with Crippen LogP contribution in [0.4, 0.5) is 5.69 Å². The van der Waals surface area contributed by atoms with Crippen LogP contribution in [0.3, 0.4) is 0 Å². The van der Waals surface area contributed by atoms with Gasteiger partial charge in [0.05, 0.1) is 20.3 Å². The highest BCUT2D eigenvalue weighted by Crippen LogP contribution is 2.21. The van der Waals surface area contributed by atoms with Crippen LogP contribution in [0, 0.1) is 10.8 Å². The van der Waals surface area contributed by atoms with Crippen LogP contribution in [-0.2, 0) is 4.74 Å². The fourth-order valence-corrected chi connectivity index (χ4v) is 1.63. The van der Waals surface area contributed by atoms with Gasteiger partial charge in [-0.1, -0.05) is 6.07 Å². The molecule has 16 heavy (non-hydrogen) atoms. The van der Waals surface area contributed by atoms with Gasteiger partial charge in [0.2, 0.25) is 0 Å². The van der Waals surface area contributed by atoms with E-state index < -0.39 is 0 Å². The van der Waals surface area contributed by atoms with Crippen LogP contribution in [0.25, 0.3) is 0 Å². The van der Waals surface area contributed by atoms with E-state index in [1.165, 1.54) is 5.69 Å². The molecule has 2 rings (SSSR count). The number of morpholine rings is 1. The minimum Gasteiger partial charge on any atom is -0.497 e. The van der Waals surface area contributed by atoms with Crippen molar-refractivity contribution in [2.75, 3.05) is 38.3 Å². The minimum absolute atomic E-state index is 0.817. The Labute approximate surface area is 95.0 Å². The molecule has 1 aliphatic rings. The summed E-state index contributed by atoms with van der Waals surface area (Å²) in [5.74, 6) is 0.911. The number of methoxy groups -OCH3 is 1. The van der Waals surface area contributed by atoms with Crippen LogP contribution in [0.15, 0.2) is 24.3 Å². The first-order valence-corrected chi connectivity index (χ1v) is 5.07. The third-order valence-corrected chi connectivity index (χ3v) is 2.43.